The third kappa shape index (κ3) is 6.38. The van der Waals surface area contributed by atoms with Gasteiger partial charge < -0.3 is 19.9 Å². The molecule has 9 heteroatoms. The first-order valence-electron chi connectivity index (χ1n) is 9.82. The molecule has 0 atom stereocenters. The predicted octanol–water partition coefficient (Wildman–Crippen LogP) is 2.54. The first kappa shape index (κ1) is 22.0. The monoisotopic (exact) mass is 424 g/mol. The lowest BCUT2D eigenvalue weighted by Crippen LogP contribution is -2.36. The van der Waals surface area contributed by atoms with Crippen LogP contribution in [0, 0.1) is 10.1 Å². The molecule has 162 valence electrons. The number of carbonyl (C=O) groups excluding carboxylic acids is 2. The summed E-state index contributed by atoms with van der Waals surface area (Å²) < 4.78 is 5.35. The summed E-state index contributed by atoms with van der Waals surface area (Å²) in [6.07, 6.45) is 2.87. The van der Waals surface area contributed by atoms with Gasteiger partial charge in [0, 0.05) is 49.7 Å². The van der Waals surface area contributed by atoms with Crippen LogP contribution in [0.1, 0.15) is 5.56 Å². The van der Waals surface area contributed by atoms with Crippen molar-refractivity contribution in [3.8, 4) is 0 Å². The van der Waals surface area contributed by atoms with Gasteiger partial charge in [0.2, 0.25) is 11.8 Å². The molecule has 2 aromatic carbocycles. The zero-order valence-electron chi connectivity index (χ0n) is 17.2. The van der Waals surface area contributed by atoms with Crippen LogP contribution in [0.15, 0.2) is 54.6 Å². The topological polar surface area (TPSA) is 105 Å². The summed E-state index contributed by atoms with van der Waals surface area (Å²) in [4.78, 5) is 38.2. The number of hydrogen-bond donors (Lipinski definition) is 1. The molecule has 0 radical (unpaired) electrons. The molecule has 1 fully saturated rings. The van der Waals surface area contributed by atoms with Crippen molar-refractivity contribution in [2.45, 2.75) is 0 Å². The van der Waals surface area contributed by atoms with Crippen molar-refractivity contribution in [3.05, 3.63) is 70.3 Å². The van der Waals surface area contributed by atoms with Crippen LogP contribution in [-0.2, 0) is 14.3 Å². The summed E-state index contributed by atoms with van der Waals surface area (Å²) in [5.41, 5.74) is 2.36. The van der Waals surface area contributed by atoms with E-state index in [2.05, 4.69) is 10.2 Å². The largest absolute Gasteiger partial charge is 0.378 e. The van der Waals surface area contributed by atoms with Crippen LogP contribution in [0.5, 0.6) is 0 Å². The summed E-state index contributed by atoms with van der Waals surface area (Å²) in [6, 6.07) is 13.4. The highest BCUT2D eigenvalue weighted by atomic mass is 16.6. The highest BCUT2D eigenvalue weighted by Gasteiger charge is 2.13. The van der Waals surface area contributed by atoms with E-state index in [9.17, 15) is 19.7 Å². The van der Waals surface area contributed by atoms with Crippen LogP contribution in [-0.4, -0.2) is 61.5 Å². The molecule has 0 unspecified atom stereocenters. The maximum atomic E-state index is 12.3. The second-order valence-corrected chi connectivity index (χ2v) is 7.07. The summed E-state index contributed by atoms with van der Waals surface area (Å²) in [5.74, 6) is -0.658. The van der Waals surface area contributed by atoms with Crippen molar-refractivity contribution in [1.82, 2.24) is 4.90 Å². The van der Waals surface area contributed by atoms with Crippen LogP contribution >= 0.6 is 0 Å². The van der Waals surface area contributed by atoms with E-state index in [1.165, 1.54) is 30.2 Å². The van der Waals surface area contributed by atoms with Crippen LogP contribution in [0.4, 0.5) is 17.1 Å². The van der Waals surface area contributed by atoms with Crippen molar-refractivity contribution < 1.29 is 19.2 Å². The maximum Gasteiger partial charge on any atom is 0.269 e. The summed E-state index contributed by atoms with van der Waals surface area (Å²) >= 11 is 0. The molecule has 0 saturated carbocycles. The Labute approximate surface area is 180 Å². The predicted molar refractivity (Wildman–Crippen MR) is 118 cm³/mol. The van der Waals surface area contributed by atoms with Gasteiger partial charge in [-0.3, -0.25) is 19.7 Å². The number of rotatable bonds is 7. The number of ether oxygens (including phenoxy) is 1. The Kier molecular flexibility index (Phi) is 7.34. The standard InChI is InChI=1S/C22H24N4O5/c1-24(22(28)11-4-17-2-7-20(8-3-17)26(29)30)16-21(27)23-18-5-9-19(10-6-18)25-12-14-31-15-13-25/h2-11H,12-16H2,1H3,(H,23,27)/b11-4+. The van der Waals surface area contributed by atoms with Gasteiger partial charge in [-0.1, -0.05) is 0 Å². The lowest BCUT2D eigenvalue weighted by Gasteiger charge is -2.28. The average Bonchev–Trinajstić information content (AvgIpc) is 2.78. The quantitative estimate of drug-likeness (QED) is 0.416. The number of nitro groups is 1. The maximum absolute atomic E-state index is 12.3. The number of nitrogens with one attached hydrogen (secondary N) is 1. The van der Waals surface area contributed by atoms with Gasteiger partial charge >= 0.3 is 0 Å². The summed E-state index contributed by atoms with van der Waals surface area (Å²) in [7, 11) is 1.53. The molecule has 0 spiro atoms. The number of carbonyl (C=O) groups is 2. The number of morpholine rings is 1. The van der Waals surface area contributed by atoms with E-state index in [1.54, 1.807) is 18.2 Å². The van der Waals surface area contributed by atoms with Gasteiger partial charge in [0.1, 0.15) is 0 Å². The third-order valence-corrected chi connectivity index (χ3v) is 4.81. The van der Waals surface area contributed by atoms with Gasteiger partial charge in [0.05, 0.1) is 24.7 Å². The molecule has 31 heavy (non-hydrogen) atoms. The fraction of sp³-hybridized carbons (Fsp3) is 0.273. The fourth-order valence-corrected chi connectivity index (χ4v) is 3.07. The molecule has 0 bridgehead atoms. The minimum Gasteiger partial charge on any atom is -0.378 e. The van der Waals surface area contributed by atoms with Crippen LogP contribution < -0.4 is 10.2 Å². The molecule has 0 aromatic heterocycles. The fourth-order valence-electron chi connectivity index (χ4n) is 3.07. The number of non-ortho nitro benzene ring substituents is 1. The number of hydrogen-bond acceptors (Lipinski definition) is 6. The highest BCUT2D eigenvalue weighted by Crippen LogP contribution is 2.19. The first-order chi connectivity index (χ1) is 14.9. The number of likely N-dealkylation sites (N-methyl/N-ethyl adjacent to an activating group) is 1. The van der Waals surface area contributed by atoms with Crippen molar-refractivity contribution in [2.24, 2.45) is 0 Å². The molecule has 2 amide bonds. The van der Waals surface area contributed by atoms with Crippen molar-refractivity contribution in [1.29, 1.82) is 0 Å². The van der Waals surface area contributed by atoms with Gasteiger partial charge in [0.15, 0.2) is 0 Å². The van der Waals surface area contributed by atoms with E-state index in [0.717, 1.165) is 18.8 Å². The van der Waals surface area contributed by atoms with Crippen LogP contribution in [0.3, 0.4) is 0 Å². The zero-order chi connectivity index (χ0) is 22.2. The van der Waals surface area contributed by atoms with E-state index in [4.69, 9.17) is 4.74 Å². The number of amides is 2. The van der Waals surface area contributed by atoms with Gasteiger partial charge in [-0.05, 0) is 48.0 Å². The molecule has 1 heterocycles. The summed E-state index contributed by atoms with van der Waals surface area (Å²) in [6.45, 7) is 2.99. The SMILES string of the molecule is CN(CC(=O)Nc1ccc(N2CCOCC2)cc1)C(=O)/C=C/c1ccc([N+](=O)[O-])cc1. The Balaban J connectivity index is 1.48. The number of benzene rings is 2. The lowest BCUT2D eigenvalue weighted by molar-refractivity contribution is -0.384. The number of nitrogens with zero attached hydrogens (tertiary/aromatic N) is 3. The third-order valence-electron chi connectivity index (χ3n) is 4.81. The van der Waals surface area contributed by atoms with Crippen LogP contribution in [0.2, 0.25) is 0 Å². The highest BCUT2D eigenvalue weighted by molar-refractivity contribution is 5.98. The minimum absolute atomic E-state index is 0.0183. The van der Waals surface area contributed by atoms with E-state index >= 15 is 0 Å². The molecular formula is C22H24N4O5. The molecular weight excluding hydrogens is 400 g/mol. The Morgan fingerprint density at radius 3 is 2.39 bits per heavy atom. The van der Waals surface area contributed by atoms with Gasteiger partial charge in [-0.25, -0.2) is 0 Å². The average molecular weight is 424 g/mol. The molecule has 1 aliphatic heterocycles. The molecule has 1 saturated heterocycles. The molecule has 3 rings (SSSR count). The minimum atomic E-state index is -0.485. The Bertz CT molecular complexity index is 951. The first-order valence-corrected chi connectivity index (χ1v) is 9.82. The van der Waals surface area contributed by atoms with Gasteiger partial charge in [-0.15, -0.1) is 0 Å². The zero-order valence-corrected chi connectivity index (χ0v) is 17.2. The Morgan fingerprint density at radius 1 is 1.13 bits per heavy atom. The Morgan fingerprint density at radius 2 is 1.77 bits per heavy atom. The van der Waals surface area contributed by atoms with Crippen molar-refractivity contribution >= 4 is 35.0 Å². The number of nitro benzene ring substituents is 1. The Hall–Kier alpha value is -3.72. The van der Waals surface area contributed by atoms with Crippen molar-refractivity contribution in [2.75, 3.05) is 50.1 Å². The van der Waals surface area contributed by atoms with E-state index in [-0.39, 0.29) is 24.0 Å². The smallest absolute Gasteiger partial charge is 0.269 e. The molecule has 1 N–H and O–H groups in total. The van der Waals surface area contributed by atoms with E-state index in [1.807, 2.05) is 24.3 Å². The second kappa shape index (κ2) is 10.4. The lowest BCUT2D eigenvalue weighted by atomic mass is 10.2. The molecule has 9 nitrogen and oxygen atoms in total. The second-order valence-electron chi connectivity index (χ2n) is 7.07. The van der Waals surface area contributed by atoms with Gasteiger partial charge in [-0.2, -0.15) is 0 Å². The van der Waals surface area contributed by atoms with Gasteiger partial charge in [0.25, 0.3) is 5.69 Å². The van der Waals surface area contributed by atoms with E-state index in [0.29, 0.717) is 24.5 Å². The normalized spacial score (nSPS) is 13.8. The van der Waals surface area contributed by atoms with Crippen LogP contribution in [0.25, 0.3) is 6.08 Å². The number of anilines is 2. The van der Waals surface area contributed by atoms with E-state index < -0.39 is 4.92 Å². The van der Waals surface area contributed by atoms with Crippen molar-refractivity contribution in [3.63, 3.8) is 0 Å². The molecule has 1 aliphatic rings. The summed E-state index contributed by atoms with van der Waals surface area (Å²) in [5, 5.41) is 13.5. The molecule has 0 aliphatic carbocycles. The molecule has 2 aromatic rings.